The molecule has 0 spiro atoms. The number of anilines is 1. The molecular formula is C14H20N2O2. The third-order valence-electron chi connectivity index (χ3n) is 3.21. The van der Waals surface area contributed by atoms with Gasteiger partial charge in [0.2, 0.25) is 5.91 Å². The van der Waals surface area contributed by atoms with Gasteiger partial charge >= 0.3 is 0 Å². The Morgan fingerprint density at radius 3 is 2.56 bits per heavy atom. The first kappa shape index (κ1) is 14.2. The van der Waals surface area contributed by atoms with Crippen LogP contribution >= 0.6 is 0 Å². The van der Waals surface area contributed by atoms with E-state index in [1.807, 2.05) is 39.0 Å². The summed E-state index contributed by atoms with van der Waals surface area (Å²) in [5.41, 5.74) is 1.44. The molecule has 1 aromatic rings. The molecule has 18 heavy (non-hydrogen) atoms. The second-order valence-corrected chi connectivity index (χ2v) is 4.92. The van der Waals surface area contributed by atoms with Crippen LogP contribution in [0, 0.1) is 5.41 Å². The first-order chi connectivity index (χ1) is 8.42. The third-order valence-corrected chi connectivity index (χ3v) is 3.21. The molecule has 0 aliphatic heterocycles. The minimum atomic E-state index is -0.419. The van der Waals surface area contributed by atoms with Gasteiger partial charge in [0.15, 0.2) is 0 Å². The Morgan fingerprint density at radius 1 is 1.39 bits per heavy atom. The molecule has 0 atom stereocenters. The van der Waals surface area contributed by atoms with Gasteiger partial charge in [0.1, 0.15) is 0 Å². The summed E-state index contributed by atoms with van der Waals surface area (Å²) in [5, 5.41) is 14.9. The number of para-hydroxylation sites is 1. The number of carbonyl (C=O) groups is 1. The van der Waals surface area contributed by atoms with Crippen molar-refractivity contribution in [3.05, 3.63) is 29.8 Å². The summed E-state index contributed by atoms with van der Waals surface area (Å²) in [6.07, 6.45) is 0.758. The lowest BCUT2D eigenvalue weighted by molar-refractivity contribution is -0.124. The van der Waals surface area contributed by atoms with E-state index >= 15 is 0 Å². The third kappa shape index (κ3) is 3.09. The number of rotatable bonds is 4. The van der Waals surface area contributed by atoms with Crippen LogP contribution in [0.4, 0.5) is 5.69 Å². The van der Waals surface area contributed by atoms with Crippen LogP contribution in [-0.2, 0) is 4.79 Å². The fourth-order valence-corrected chi connectivity index (χ4v) is 1.41. The van der Waals surface area contributed by atoms with Crippen molar-refractivity contribution in [3.8, 4) is 0 Å². The highest BCUT2D eigenvalue weighted by Crippen LogP contribution is 2.24. The number of carbonyl (C=O) groups excluding carboxylic acids is 1. The molecule has 1 rings (SSSR count). The van der Waals surface area contributed by atoms with Crippen molar-refractivity contribution in [1.82, 2.24) is 0 Å². The maximum absolute atomic E-state index is 12.1. The molecule has 1 aromatic carbocycles. The van der Waals surface area contributed by atoms with Gasteiger partial charge in [-0.05, 0) is 19.4 Å². The Kier molecular flexibility index (Phi) is 4.48. The fraction of sp³-hybridized carbons (Fsp3) is 0.429. The predicted octanol–water partition coefficient (Wildman–Crippen LogP) is 3.26. The second-order valence-electron chi connectivity index (χ2n) is 4.92. The van der Waals surface area contributed by atoms with Crippen LogP contribution in [-0.4, -0.2) is 16.8 Å². The van der Waals surface area contributed by atoms with Gasteiger partial charge in [0.25, 0.3) is 0 Å². The van der Waals surface area contributed by atoms with E-state index in [1.54, 1.807) is 13.0 Å². The smallest absolute Gasteiger partial charge is 0.230 e. The molecule has 0 radical (unpaired) electrons. The molecule has 0 bridgehead atoms. The number of nitrogens with zero attached hydrogens (tertiary/aromatic N) is 1. The average Bonchev–Trinajstić information content (AvgIpc) is 2.38. The van der Waals surface area contributed by atoms with Crippen LogP contribution in [0.1, 0.15) is 39.7 Å². The van der Waals surface area contributed by atoms with E-state index in [9.17, 15) is 4.79 Å². The van der Waals surface area contributed by atoms with Crippen LogP contribution in [0.15, 0.2) is 29.4 Å². The summed E-state index contributed by atoms with van der Waals surface area (Å²) in [6, 6.07) is 7.28. The maximum atomic E-state index is 12.1. The lowest BCUT2D eigenvalue weighted by Crippen LogP contribution is -2.30. The summed E-state index contributed by atoms with van der Waals surface area (Å²) in [4.78, 5) is 12.1. The second kappa shape index (κ2) is 5.67. The lowest BCUT2D eigenvalue weighted by Gasteiger charge is -2.22. The quantitative estimate of drug-likeness (QED) is 0.488. The maximum Gasteiger partial charge on any atom is 0.230 e. The van der Waals surface area contributed by atoms with Gasteiger partial charge in [-0.1, -0.05) is 44.1 Å². The van der Waals surface area contributed by atoms with Crippen molar-refractivity contribution < 1.29 is 10.0 Å². The Balaban J connectivity index is 3.02. The van der Waals surface area contributed by atoms with E-state index < -0.39 is 5.41 Å². The van der Waals surface area contributed by atoms with Gasteiger partial charge in [-0.3, -0.25) is 4.79 Å². The Morgan fingerprint density at radius 2 is 2.00 bits per heavy atom. The Labute approximate surface area is 108 Å². The first-order valence-electron chi connectivity index (χ1n) is 6.02. The zero-order valence-electron chi connectivity index (χ0n) is 11.3. The van der Waals surface area contributed by atoms with E-state index in [4.69, 9.17) is 5.21 Å². The van der Waals surface area contributed by atoms with Crippen molar-refractivity contribution in [2.45, 2.75) is 34.1 Å². The van der Waals surface area contributed by atoms with E-state index in [1.165, 1.54) is 0 Å². The Hall–Kier alpha value is -1.84. The molecule has 0 aromatic heterocycles. The first-order valence-corrected chi connectivity index (χ1v) is 6.02. The highest BCUT2D eigenvalue weighted by Gasteiger charge is 2.25. The summed E-state index contributed by atoms with van der Waals surface area (Å²) in [7, 11) is 0. The predicted molar refractivity (Wildman–Crippen MR) is 73.1 cm³/mol. The molecular weight excluding hydrogens is 228 g/mol. The number of hydrogen-bond acceptors (Lipinski definition) is 3. The van der Waals surface area contributed by atoms with Crippen molar-refractivity contribution >= 4 is 17.3 Å². The molecule has 0 saturated carbocycles. The summed E-state index contributed by atoms with van der Waals surface area (Å²) < 4.78 is 0. The van der Waals surface area contributed by atoms with Gasteiger partial charge in [-0.25, -0.2) is 0 Å². The van der Waals surface area contributed by atoms with Crippen LogP contribution < -0.4 is 5.32 Å². The largest absolute Gasteiger partial charge is 0.411 e. The monoisotopic (exact) mass is 248 g/mol. The van der Waals surface area contributed by atoms with Gasteiger partial charge in [0, 0.05) is 16.7 Å². The molecule has 0 saturated heterocycles. The van der Waals surface area contributed by atoms with Crippen LogP contribution in [0.25, 0.3) is 0 Å². The van der Waals surface area contributed by atoms with Crippen molar-refractivity contribution in [2.24, 2.45) is 10.6 Å². The number of amides is 1. The van der Waals surface area contributed by atoms with E-state index in [0.29, 0.717) is 11.4 Å². The van der Waals surface area contributed by atoms with Crippen molar-refractivity contribution in [2.75, 3.05) is 5.32 Å². The minimum Gasteiger partial charge on any atom is -0.411 e. The molecule has 0 fully saturated rings. The van der Waals surface area contributed by atoms with Crippen LogP contribution in [0.3, 0.4) is 0 Å². The Bertz CT molecular complexity index is 465. The molecule has 1 amide bonds. The molecule has 4 nitrogen and oxygen atoms in total. The molecule has 0 aliphatic carbocycles. The SMILES string of the molecule is CCC(C)(C)C(=O)Nc1ccccc1/C(C)=N/O. The van der Waals surface area contributed by atoms with E-state index in [2.05, 4.69) is 10.5 Å². The number of benzene rings is 1. The van der Waals surface area contributed by atoms with E-state index in [0.717, 1.165) is 12.0 Å². The van der Waals surface area contributed by atoms with Crippen molar-refractivity contribution in [3.63, 3.8) is 0 Å². The molecule has 0 heterocycles. The normalized spacial score (nSPS) is 12.3. The van der Waals surface area contributed by atoms with Gasteiger partial charge in [-0.15, -0.1) is 0 Å². The number of hydrogen-bond donors (Lipinski definition) is 2. The highest BCUT2D eigenvalue weighted by atomic mass is 16.4. The average molecular weight is 248 g/mol. The molecule has 2 N–H and O–H groups in total. The zero-order chi connectivity index (χ0) is 13.8. The number of nitrogens with one attached hydrogen (secondary N) is 1. The van der Waals surface area contributed by atoms with Gasteiger partial charge in [-0.2, -0.15) is 0 Å². The zero-order valence-corrected chi connectivity index (χ0v) is 11.3. The highest BCUT2D eigenvalue weighted by molar-refractivity contribution is 6.06. The standard InChI is InChI=1S/C14H20N2O2/c1-5-14(3,4)13(17)15-12-9-7-6-8-11(12)10(2)16-18/h6-9,18H,5H2,1-4H3,(H,15,17)/b16-10+. The topological polar surface area (TPSA) is 61.7 Å². The molecule has 0 aliphatic rings. The minimum absolute atomic E-state index is 0.0387. The van der Waals surface area contributed by atoms with E-state index in [-0.39, 0.29) is 5.91 Å². The molecule has 4 heteroatoms. The van der Waals surface area contributed by atoms with Gasteiger partial charge < -0.3 is 10.5 Å². The lowest BCUT2D eigenvalue weighted by atomic mass is 9.89. The van der Waals surface area contributed by atoms with Crippen LogP contribution in [0.5, 0.6) is 0 Å². The van der Waals surface area contributed by atoms with Crippen molar-refractivity contribution in [1.29, 1.82) is 0 Å². The summed E-state index contributed by atoms with van der Waals surface area (Å²) in [5.74, 6) is -0.0387. The fourth-order valence-electron chi connectivity index (χ4n) is 1.41. The molecule has 0 unspecified atom stereocenters. The number of oxime groups is 1. The summed E-state index contributed by atoms with van der Waals surface area (Å²) in [6.45, 7) is 7.47. The van der Waals surface area contributed by atoms with Crippen LogP contribution in [0.2, 0.25) is 0 Å². The van der Waals surface area contributed by atoms with Gasteiger partial charge in [0.05, 0.1) is 5.71 Å². The summed E-state index contributed by atoms with van der Waals surface area (Å²) >= 11 is 0. The molecule has 98 valence electrons.